The molecule has 0 bridgehead atoms. The normalized spacial score (nSPS) is 18.9. The maximum Gasteiger partial charge on any atom is 0.409 e. The first kappa shape index (κ1) is 16.6. The highest BCUT2D eigenvalue weighted by atomic mass is 16.6. The largest absolute Gasteiger partial charge is 0.448 e. The molecule has 1 aliphatic heterocycles. The van der Waals surface area contributed by atoms with Gasteiger partial charge in [-0.15, -0.1) is 0 Å². The molecule has 2 N–H and O–H groups in total. The van der Waals surface area contributed by atoms with Gasteiger partial charge in [0.1, 0.15) is 6.61 Å². The number of piperidine rings is 1. The highest BCUT2D eigenvalue weighted by Gasteiger charge is 2.31. The Hall–Kier alpha value is -2.82. The van der Waals surface area contributed by atoms with Crippen molar-refractivity contribution in [2.45, 2.75) is 18.8 Å². The van der Waals surface area contributed by atoms with Crippen LogP contribution in [-0.4, -0.2) is 36.6 Å². The molecule has 4 rings (SSSR count). The maximum atomic E-state index is 12.5. The standard InChI is InChI=1S/C21H22N2O3/c22-20(24)14-6-5-11-23(12-14)21(25)26-13-19-17-9-3-1-7-15(17)16-8-2-4-10-18(16)19/h1-4,7-10,14,19H,5-6,11-13H2,(H2,22,24)/t14-/m1/s1. The van der Waals surface area contributed by atoms with Crippen LogP contribution in [0.1, 0.15) is 29.9 Å². The fourth-order valence-electron chi connectivity index (χ4n) is 4.06. The second kappa shape index (κ2) is 6.83. The third-order valence-corrected chi connectivity index (χ3v) is 5.42. The molecular formula is C21H22N2O3. The molecule has 1 fully saturated rings. The number of hydrogen-bond donors (Lipinski definition) is 1. The zero-order valence-electron chi connectivity index (χ0n) is 14.6. The van der Waals surface area contributed by atoms with Gasteiger partial charge in [0.15, 0.2) is 0 Å². The summed E-state index contributed by atoms with van der Waals surface area (Å²) >= 11 is 0. The van der Waals surface area contributed by atoms with Crippen LogP contribution in [0.3, 0.4) is 0 Å². The number of nitrogens with two attached hydrogens (primary N) is 1. The number of amides is 2. The zero-order chi connectivity index (χ0) is 18.1. The van der Waals surface area contributed by atoms with Crippen LogP contribution in [0.5, 0.6) is 0 Å². The van der Waals surface area contributed by atoms with E-state index in [1.54, 1.807) is 4.90 Å². The average molecular weight is 350 g/mol. The zero-order valence-corrected chi connectivity index (χ0v) is 14.6. The van der Waals surface area contributed by atoms with E-state index in [1.165, 1.54) is 22.3 Å². The molecule has 2 aromatic carbocycles. The lowest BCUT2D eigenvalue weighted by Gasteiger charge is -2.30. The highest BCUT2D eigenvalue weighted by molar-refractivity contribution is 5.79. The summed E-state index contributed by atoms with van der Waals surface area (Å²) in [5.74, 6) is -0.576. The van der Waals surface area contributed by atoms with Gasteiger partial charge in [-0.25, -0.2) is 4.79 Å². The molecule has 134 valence electrons. The molecular weight excluding hydrogens is 328 g/mol. The Balaban J connectivity index is 1.48. The predicted octanol–water partition coefficient (Wildman–Crippen LogP) is 3.13. The molecule has 2 aromatic rings. The minimum Gasteiger partial charge on any atom is -0.448 e. The van der Waals surface area contributed by atoms with Gasteiger partial charge >= 0.3 is 6.09 Å². The van der Waals surface area contributed by atoms with Crippen LogP contribution < -0.4 is 5.73 Å². The third kappa shape index (κ3) is 2.94. The number of hydrogen-bond acceptors (Lipinski definition) is 3. The third-order valence-electron chi connectivity index (χ3n) is 5.42. The van der Waals surface area contributed by atoms with Gasteiger partial charge in [-0.1, -0.05) is 48.5 Å². The number of likely N-dealkylation sites (tertiary alicyclic amines) is 1. The van der Waals surface area contributed by atoms with Crippen molar-refractivity contribution in [3.63, 3.8) is 0 Å². The van der Waals surface area contributed by atoms with Gasteiger partial charge in [-0.3, -0.25) is 4.79 Å². The molecule has 2 amide bonds. The van der Waals surface area contributed by atoms with E-state index in [0.29, 0.717) is 19.7 Å². The maximum absolute atomic E-state index is 12.5. The van der Waals surface area contributed by atoms with Crippen LogP contribution in [0, 0.1) is 5.92 Å². The smallest absolute Gasteiger partial charge is 0.409 e. The average Bonchev–Trinajstić information content (AvgIpc) is 3.00. The van der Waals surface area contributed by atoms with Crippen molar-refractivity contribution in [2.24, 2.45) is 11.7 Å². The lowest BCUT2D eigenvalue weighted by atomic mass is 9.97. The first-order valence-corrected chi connectivity index (χ1v) is 9.04. The van der Waals surface area contributed by atoms with Crippen LogP contribution >= 0.6 is 0 Å². The van der Waals surface area contributed by atoms with Crippen LogP contribution in [0.2, 0.25) is 0 Å². The Bertz CT molecular complexity index is 803. The lowest BCUT2D eigenvalue weighted by molar-refractivity contribution is -0.123. The summed E-state index contributed by atoms with van der Waals surface area (Å²) in [6.07, 6.45) is 1.15. The van der Waals surface area contributed by atoms with E-state index >= 15 is 0 Å². The van der Waals surface area contributed by atoms with E-state index in [0.717, 1.165) is 12.8 Å². The molecule has 0 aromatic heterocycles. The Morgan fingerprint density at radius 2 is 1.65 bits per heavy atom. The number of carbonyl (C=O) groups is 2. The first-order chi connectivity index (χ1) is 12.6. The van der Waals surface area contributed by atoms with Crippen molar-refractivity contribution >= 4 is 12.0 Å². The SMILES string of the molecule is NC(=O)[C@@H]1CCCN(C(=O)OCC2c3ccccc3-c3ccccc32)C1. The number of rotatable bonds is 3. The van der Waals surface area contributed by atoms with Gasteiger partial charge in [0.05, 0.1) is 5.92 Å². The molecule has 0 radical (unpaired) electrons. The van der Waals surface area contributed by atoms with E-state index in [-0.39, 0.29) is 23.8 Å². The first-order valence-electron chi connectivity index (χ1n) is 9.04. The predicted molar refractivity (Wildman–Crippen MR) is 98.6 cm³/mol. The lowest BCUT2D eigenvalue weighted by Crippen LogP contribution is -2.44. The molecule has 0 saturated carbocycles. The summed E-state index contributed by atoms with van der Waals surface area (Å²) in [5.41, 5.74) is 10.2. The molecule has 1 saturated heterocycles. The summed E-state index contributed by atoms with van der Waals surface area (Å²) < 4.78 is 5.64. The van der Waals surface area contributed by atoms with Crippen molar-refractivity contribution in [2.75, 3.05) is 19.7 Å². The van der Waals surface area contributed by atoms with E-state index in [2.05, 4.69) is 24.3 Å². The summed E-state index contributed by atoms with van der Waals surface area (Å²) in [7, 11) is 0. The molecule has 0 spiro atoms. The summed E-state index contributed by atoms with van der Waals surface area (Å²) in [5, 5.41) is 0. The fourth-order valence-corrected chi connectivity index (χ4v) is 4.06. The van der Waals surface area contributed by atoms with Crippen molar-refractivity contribution < 1.29 is 14.3 Å². The molecule has 2 aliphatic rings. The Morgan fingerprint density at radius 1 is 1.04 bits per heavy atom. The Labute approximate surface area is 152 Å². The summed E-state index contributed by atoms with van der Waals surface area (Å²) in [4.78, 5) is 25.5. The van der Waals surface area contributed by atoms with E-state index in [1.807, 2.05) is 24.3 Å². The molecule has 5 heteroatoms. The number of ether oxygens (including phenoxy) is 1. The van der Waals surface area contributed by atoms with Crippen LogP contribution in [0.25, 0.3) is 11.1 Å². The van der Waals surface area contributed by atoms with Gasteiger partial charge in [0, 0.05) is 19.0 Å². The second-order valence-corrected chi connectivity index (χ2v) is 6.99. The summed E-state index contributed by atoms with van der Waals surface area (Å²) in [6.45, 7) is 1.26. The second-order valence-electron chi connectivity index (χ2n) is 6.99. The highest BCUT2D eigenvalue weighted by Crippen LogP contribution is 2.44. The Kier molecular flexibility index (Phi) is 4.37. The Morgan fingerprint density at radius 3 is 2.27 bits per heavy atom. The summed E-state index contributed by atoms with van der Waals surface area (Å²) in [6, 6.07) is 16.5. The van der Waals surface area contributed by atoms with E-state index in [9.17, 15) is 9.59 Å². The number of carbonyl (C=O) groups excluding carboxylic acids is 2. The molecule has 1 aliphatic carbocycles. The monoisotopic (exact) mass is 350 g/mol. The van der Waals surface area contributed by atoms with E-state index < -0.39 is 0 Å². The van der Waals surface area contributed by atoms with Crippen LogP contribution in [0.15, 0.2) is 48.5 Å². The van der Waals surface area contributed by atoms with Crippen LogP contribution in [-0.2, 0) is 9.53 Å². The van der Waals surface area contributed by atoms with Crippen molar-refractivity contribution in [3.05, 3.63) is 59.7 Å². The van der Waals surface area contributed by atoms with E-state index in [4.69, 9.17) is 10.5 Å². The minimum atomic E-state index is -0.363. The van der Waals surface area contributed by atoms with Gasteiger partial charge in [0.2, 0.25) is 5.91 Å². The number of benzene rings is 2. The van der Waals surface area contributed by atoms with Crippen molar-refractivity contribution in [1.82, 2.24) is 4.90 Å². The number of primary amides is 1. The fraction of sp³-hybridized carbons (Fsp3) is 0.333. The minimum absolute atomic E-state index is 0.0445. The molecule has 26 heavy (non-hydrogen) atoms. The van der Waals surface area contributed by atoms with Gasteiger partial charge < -0.3 is 15.4 Å². The molecule has 1 heterocycles. The van der Waals surface area contributed by atoms with Crippen molar-refractivity contribution in [3.8, 4) is 11.1 Å². The van der Waals surface area contributed by atoms with Gasteiger partial charge in [-0.05, 0) is 35.1 Å². The van der Waals surface area contributed by atoms with Gasteiger partial charge in [-0.2, -0.15) is 0 Å². The molecule has 1 atom stereocenters. The molecule has 5 nitrogen and oxygen atoms in total. The van der Waals surface area contributed by atoms with Gasteiger partial charge in [0.25, 0.3) is 0 Å². The number of fused-ring (bicyclic) bond motifs is 3. The number of nitrogens with zero attached hydrogens (tertiary/aromatic N) is 1. The van der Waals surface area contributed by atoms with Crippen molar-refractivity contribution in [1.29, 1.82) is 0 Å². The molecule has 0 unspecified atom stereocenters. The van der Waals surface area contributed by atoms with Crippen LogP contribution in [0.4, 0.5) is 4.79 Å². The topological polar surface area (TPSA) is 72.6 Å². The quantitative estimate of drug-likeness (QED) is 0.924.